The fourth-order valence-corrected chi connectivity index (χ4v) is 3.34. The zero-order valence-electron chi connectivity index (χ0n) is 10.2. The van der Waals surface area contributed by atoms with Crippen LogP contribution in [0.15, 0.2) is 28.6 Å². The van der Waals surface area contributed by atoms with Gasteiger partial charge in [-0.25, -0.2) is 0 Å². The molecule has 1 aromatic heterocycles. The Morgan fingerprint density at radius 1 is 1.28 bits per heavy atom. The molecular formula is C13H15N3S2. The number of aryl methyl sites for hydroxylation is 1. The van der Waals surface area contributed by atoms with Crippen molar-refractivity contribution in [2.45, 2.75) is 35.9 Å². The molecule has 0 amide bonds. The highest BCUT2D eigenvalue weighted by Crippen LogP contribution is 2.31. The van der Waals surface area contributed by atoms with E-state index < -0.39 is 0 Å². The van der Waals surface area contributed by atoms with Crippen molar-refractivity contribution in [2.75, 3.05) is 5.32 Å². The third-order valence-electron chi connectivity index (χ3n) is 2.79. The van der Waals surface area contributed by atoms with Gasteiger partial charge in [-0.1, -0.05) is 52.9 Å². The number of nitrogens with one attached hydrogen (secondary N) is 1. The summed E-state index contributed by atoms with van der Waals surface area (Å²) in [4.78, 5) is 0. The average Bonchev–Trinajstić information content (AvgIpc) is 3.07. The van der Waals surface area contributed by atoms with Gasteiger partial charge in [0.05, 0.1) is 0 Å². The molecule has 0 unspecified atom stereocenters. The van der Waals surface area contributed by atoms with Crippen molar-refractivity contribution >= 4 is 28.2 Å². The molecule has 18 heavy (non-hydrogen) atoms. The molecule has 0 spiro atoms. The van der Waals surface area contributed by atoms with Gasteiger partial charge in [0.1, 0.15) is 0 Å². The van der Waals surface area contributed by atoms with Crippen LogP contribution < -0.4 is 5.32 Å². The van der Waals surface area contributed by atoms with Gasteiger partial charge in [-0.3, -0.25) is 0 Å². The number of benzene rings is 1. The lowest BCUT2D eigenvalue weighted by molar-refractivity contribution is 0.994. The average molecular weight is 277 g/mol. The van der Waals surface area contributed by atoms with Crippen molar-refractivity contribution in [3.05, 3.63) is 35.4 Å². The monoisotopic (exact) mass is 277 g/mol. The summed E-state index contributed by atoms with van der Waals surface area (Å²) in [6, 6.07) is 9.29. The second-order valence-electron chi connectivity index (χ2n) is 4.57. The van der Waals surface area contributed by atoms with Gasteiger partial charge < -0.3 is 5.32 Å². The molecular weight excluding hydrogens is 262 g/mol. The zero-order valence-corrected chi connectivity index (χ0v) is 11.9. The molecule has 2 aromatic rings. The molecule has 0 atom stereocenters. The van der Waals surface area contributed by atoms with Crippen molar-refractivity contribution < 1.29 is 0 Å². The van der Waals surface area contributed by atoms with Crippen molar-refractivity contribution in [3.8, 4) is 0 Å². The fraction of sp³-hybridized carbons (Fsp3) is 0.385. The summed E-state index contributed by atoms with van der Waals surface area (Å²) in [5, 5.41) is 12.7. The molecule has 5 heteroatoms. The number of rotatable bonds is 5. The maximum absolute atomic E-state index is 4.20. The van der Waals surface area contributed by atoms with Crippen LogP contribution in [0.2, 0.25) is 0 Å². The summed E-state index contributed by atoms with van der Waals surface area (Å²) in [7, 11) is 0. The van der Waals surface area contributed by atoms with Crippen LogP contribution in [-0.2, 0) is 5.75 Å². The largest absolute Gasteiger partial charge is 0.357 e. The second kappa shape index (κ2) is 5.28. The first-order valence-corrected chi connectivity index (χ1v) is 7.88. The van der Waals surface area contributed by atoms with E-state index >= 15 is 0 Å². The minimum Gasteiger partial charge on any atom is -0.357 e. The molecule has 94 valence electrons. The molecule has 0 aliphatic heterocycles. The molecule has 1 aliphatic carbocycles. The summed E-state index contributed by atoms with van der Waals surface area (Å²) < 4.78 is 1.04. The van der Waals surface area contributed by atoms with Crippen molar-refractivity contribution in [1.82, 2.24) is 10.2 Å². The van der Waals surface area contributed by atoms with Gasteiger partial charge in [-0.2, -0.15) is 0 Å². The summed E-state index contributed by atoms with van der Waals surface area (Å²) in [5.41, 5.74) is 2.63. The number of nitrogens with zero attached hydrogens (tertiary/aromatic N) is 2. The molecule has 0 bridgehead atoms. The van der Waals surface area contributed by atoms with Crippen molar-refractivity contribution in [1.29, 1.82) is 0 Å². The smallest absolute Gasteiger partial charge is 0.206 e. The molecule has 1 fully saturated rings. The van der Waals surface area contributed by atoms with E-state index in [4.69, 9.17) is 0 Å². The summed E-state index contributed by atoms with van der Waals surface area (Å²) >= 11 is 3.41. The predicted octanol–water partition coefficient (Wildman–Crippen LogP) is 3.71. The Balaban J connectivity index is 1.55. The maximum atomic E-state index is 4.20. The Bertz CT molecular complexity index is 517. The van der Waals surface area contributed by atoms with E-state index in [2.05, 4.69) is 46.7 Å². The second-order valence-corrected chi connectivity index (χ2v) is 6.77. The molecule has 1 saturated carbocycles. The highest BCUT2D eigenvalue weighted by molar-refractivity contribution is 8.00. The molecule has 3 nitrogen and oxygen atoms in total. The van der Waals surface area contributed by atoms with Crippen LogP contribution in [0.1, 0.15) is 24.0 Å². The van der Waals surface area contributed by atoms with Gasteiger partial charge in [0.2, 0.25) is 5.13 Å². The van der Waals surface area contributed by atoms with Gasteiger partial charge >= 0.3 is 0 Å². The first-order valence-electron chi connectivity index (χ1n) is 6.08. The normalized spacial score (nSPS) is 14.7. The van der Waals surface area contributed by atoms with Crippen LogP contribution in [0.3, 0.4) is 0 Å². The Kier molecular flexibility index (Phi) is 3.52. The van der Waals surface area contributed by atoms with Crippen molar-refractivity contribution in [2.24, 2.45) is 0 Å². The number of thioether (sulfide) groups is 1. The predicted molar refractivity (Wildman–Crippen MR) is 77.3 cm³/mol. The molecule has 1 aliphatic rings. The molecule has 1 aromatic carbocycles. The van der Waals surface area contributed by atoms with Crippen LogP contribution in [0, 0.1) is 6.92 Å². The topological polar surface area (TPSA) is 37.8 Å². The van der Waals surface area contributed by atoms with Crippen LogP contribution in [0.5, 0.6) is 0 Å². The Morgan fingerprint density at radius 2 is 2.06 bits per heavy atom. The zero-order chi connectivity index (χ0) is 12.4. The number of anilines is 1. The van der Waals surface area contributed by atoms with E-state index in [-0.39, 0.29) is 0 Å². The van der Waals surface area contributed by atoms with E-state index in [0.717, 1.165) is 15.2 Å². The van der Waals surface area contributed by atoms with Gasteiger partial charge in [0.25, 0.3) is 0 Å². The quantitative estimate of drug-likeness (QED) is 0.845. The molecule has 0 saturated heterocycles. The highest BCUT2D eigenvalue weighted by Gasteiger charge is 2.22. The molecule has 1 heterocycles. The Hall–Kier alpha value is -1.07. The number of hydrogen-bond acceptors (Lipinski definition) is 5. The van der Waals surface area contributed by atoms with E-state index in [1.807, 2.05) is 0 Å². The van der Waals surface area contributed by atoms with Gasteiger partial charge in [-0.05, 0) is 25.3 Å². The van der Waals surface area contributed by atoms with Crippen LogP contribution in [-0.4, -0.2) is 16.2 Å². The third kappa shape index (κ3) is 3.23. The first-order chi connectivity index (χ1) is 8.79. The maximum Gasteiger partial charge on any atom is 0.206 e. The fourth-order valence-electron chi connectivity index (χ4n) is 1.56. The first kappa shape index (κ1) is 12.0. The Morgan fingerprint density at radius 3 is 2.78 bits per heavy atom. The lowest BCUT2D eigenvalue weighted by Crippen LogP contribution is -1.99. The van der Waals surface area contributed by atoms with E-state index in [0.29, 0.717) is 6.04 Å². The summed E-state index contributed by atoms with van der Waals surface area (Å²) in [6.45, 7) is 2.11. The Labute approximate surface area is 115 Å². The van der Waals surface area contributed by atoms with E-state index in [1.54, 1.807) is 23.1 Å². The SMILES string of the molecule is Cc1ccc(CSc2nnc(NC3CC3)s2)cc1. The van der Waals surface area contributed by atoms with Gasteiger partial charge in [-0.15, -0.1) is 10.2 Å². The number of hydrogen-bond donors (Lipinski definition) is 1. The van der Waals surface area contributed by atoms with E-state index in [1.165, 1.54) is 24.0 Å². The summed E-state index contributed by atoms with van der Waals surface area (Å²) in [6.07, 6.45) is 2.54. The highest BCUT2D eigenvalue weighted by atomic mass is 32.2. The third-order valence-corrected chi connectivity index (χ3v) is 4.85. The number of aromatic nitrogens is 2. The van der Waals surface area contributed by atoms with Gasteiger partial charge in [0.15, 0.2) is 4.34 Å². The van der Waals surface area contributed by atoms with Gasteiger partial charge in [0, 0.05) is 11.8 Å². The minimum absolute atomic E-state index is 0.646. The lowest BCUT2D eigenvalue weighted by atomic mass is 10.2. The van der Waals surface area contributed by atoms with Crippen molar-refractivity contribution in [3.63, 3.8) is 0 Å². The standard InChI is InChI=1S/C13H15N3S2/c1-9-2-4-10(5-3-9)8-17-13-16-15-12(18-13)14-11-6-7-11/h2-5,11H,6-8H2,1H3,(H,14,15). The summed E-state index contributed by atoms with van der Waals surface area (Å²) in [5.74, 6) is 0.957. The molecule has 3 rings (SSSR count). The molecule has 0 radical (unpaired) electrons. The minimum atomic E-state index is 0.646. The van der Waals surface area contributed by atoms with Crippen LogP contribution in [0.4, 0.5) is 5.13 Å². The van der Waals surface area contributed by atoms with Crippen LogP contribution in [0.25, 0.3) is 0 Å². The lowest BCUT2D eigenvalue weighted by Gasteiger charge is -1.99. The van der Waals surface area contributed by atoms with E-state index in [9.17, 15) is 0 Å². The van der Waals surface area contributed by atoms with Crippen LogP contribution >= 0.6 is 23.1 Å². The molecule has 1 N–H and O–H groups in total.